The fraction of sp³-hybridized carbons (Fsp3) is 0.714. The van der Waals surface area contributed by atoms with E-state index in [0.29, 0.717) is 6.04 Å². The number of nitrogens with one attached hydrogen (secondary N) is 1. The van der Waals surface area contributed by atoms with Crippen LogP contribution in [0.15, 0.2) is 6.20 Å². The number of aryl methyl sites for hydroxylation is 1. The van der Waals surface area contributed by atoms with Gasteiger partial charge in [-0.1, -0.05) is 34.6 Å². The molecule has 0 amide bonds. The first-order chi connectivity index (χ1) is 8.28. The summed E-state index contributed by atoms with van der Waals surface area (Å²) < 4.78 is 0.255. The number of rotatable bonds is 5. The minimum absolute atomic E-state index is 0.255. The Morgan fingerprint density at radius 1 is 1.33 bits per heavy atom. The third kappa shape index (κ3) is 5.83. The fourth-order valence-electron chi connectivity index (χ4n) is 1.35. The van der Waals surface area contributed by atoms with Crippen molar-refractivity contribution in [3.63, 3.8) is 0 Å². The number of thioether (sulfide) groups is 1. The van der Waals surface area contributed by atoms with Gasteiger partial charge in [-0.25, -0.2) is 9.97 Å². The summed E-state index contributed by atoms with van der Waals surface area (Å²) in [4.78, 5) is 9.06. The summed E-state index contributed by atoms with van der Waals surface area (Å²) in [6, 6.07) is 0.478. The molecule has 0 saturated heterocycles. The lowest BCUT2D eigenvalue weighted by Gasteiger charge is -2.17. The number of hydrogen-bond donors (Lipinski definition) is 1. The van der Waals surface area contributed by atoms with Crippen LogP contribution in [0, 0.1) is 6.92 Å². The van der Waals surface area contributed by atoms with Gasteiger partial charge in [0.05, 0.1) is 11.4 Å². The van der Waals surface area contributed by atoms with Crippen LogP contribution in [0.1, 0.15) is 51.7 Å². The molecule has 1 N–H and O–H groups in total. The molecule has 0 fully saturated rings. The van der Waals surface area contributed by atoms with Gasteiger partial charge in [0, 0.05) is 23.5 Å². The van der Waals surface area contributed by atoms with Crippen molar-refractivity contribution < 1.29 is 0 Å². The molecule has 0 atom stereocenters. The van der Waals surface area contributed by atoms with Crippen LogP contribution in [0.25, 0.3) is 0 Å². The highest BCUT2D eigenvalue weighted by atomic mass is 32.2. The molecule has 0 aromatic carbocycles. The maximum absolute atomic E-state index is 4.65. The Morgan fingerprint density at radius 2 is 2.00 bits per heavy atom. The highest BCUT2D eigenvalue weighted by molar-refractivity contribution is 7.99. The molecule has 0 aliphatic rings. The monoisotopic (exact) mass is 267 g/mol. The van der Waals surface area contributed by atoms with E-state index in [1.807, 2.05) is 18.0 Å². The SMILES string of the molecule is Cc1cnc(CSC(C)(C)C)nc1CNC(C)C. The Kier molecular flexibility index (Phi) is 5.60. The van der Waals surface area contributed by atoms with Crippen LogP contribution in [-0.4, -0.2) is 20.8 Å². The summed E-state index contributed by atoms with van der Waals surface area (Å²) >= 11 is 1.88. The van der Waals surface area contributed by atoms with E-state index < -0.39 is 0 Å². The van der Waals surface area contributed by atoms with Crippen molar-refractivity contribution in [3.05, 3.63) is 23.3 Å². The van der Waals surface area contributed by atoms with Crippen molar-refractivity contribution in [1.82, 2.24) is 15.3 Å². The van der Waals surface area contributed by atoms with Crippen molar-refractivity contribution >= 4 is 11.8 Å². The van der Waals surface area contributed by atoms with Crippen LogP contribution in [0.2, 0.25) is 0 Å². The smallest absolute Gasteiger partial charge is 0.138 e. The number of aromatic nitrogens is 2. The predicted molar refractivity (Wildman–Crippen MR) is 79.8 cm³/mol. The van der Waals surface area contributed by atoms with Crippen LogP contribution in [0.5, 0.6) is 0 Å². The molecule has 0 spiro atoms. The van der Waals surface area contributed by atoms with Crippen molar-refractivity contribution in [2.45, 2.75) is 64.6 Å². The molecule has 1 aromatic rings. The third-order valence-electron chi connectivity index (χ3n) is 2.44. The number of hydrogen-bond acceptors (Lipinski definition) is 4. The van der Waals surface area contributed by atoms with Crippen LogP contribution >= 0.6 is 11.8 Å². The molecule has 0 radical (unpaired) electrons. The molecule has 3 nitrogen and oxygen atoms in total. The topological polar surface area (TPSA) is 37.8 Å². The van der Waals surface area contributed by atoms with Gasteiger partial charge in [0.1, 0.15) is 5.82 Å². The van der Waals surface area contributed by atoms with Gasteiger partial charge in [-0.3, -0.25) is 0 Å². The lowest BCUT2D eigenvalue weighted by molar-refractivity contribution is 0.577. The average Bonchev–Trinajstić information content (AvgIpc) is 2.25. The van der Waals surface area contributed by atoms with E-state index in [-0.39, 0.29) is 4.75 Å². The molecule has 4 heteroatoms. The van der Waals surface area contributed by atoms with Crippen molar-refractivity contribution in [1.29, 1.82) is 0 Å². The molecule has 1 aromatic heterocycles. The Bertz CT molecular complexity index is 383. The summed E-state index contributed by atoms with van der Waals surface area (Å²) in [7, 11) is 0. The van der Waals surface area contributed by atoms with Gasteiger partial charge < -0.3 is 5.32 Å². The maximum atomic E-state index is 4.65. The van der Waals surface area contributed by atoms with Crippen LogP contribution in [0.4, 0.5) is 0 Å². The van der Waals surface area contributed by atoms with E-state index >= 15 is 0 Å². The third-order valence-corrected chi connectivity index (χ3v) is 3.71. The fourth-order valence-corrected chi connectivity index (χ4v) is 2.05. The number of nitrogens with zero attached hydrogens (tertiary/aromatic N) is 2. The normalized spacial score (nSPS) is 12.2. The Labute approximate surface area is 115 Å². The molecule has 102 valence electrons. The molecule has 0 aliphatic carbocycles. The van der Waals surface area contributed by atoms with Crippen molar-refractivity contribution in [3.8, 4) is 0 Å². The highest BCUT2D eigenvalue weighted by Crippen LogP contribution is 2.26. The minimum atomic E-state index is 0.255. The van der Waals surface area contributed by atoms with E-state index in [9.17, 15) is 0 Å². The maximum Gasteiger partial charge on any atom is 0.138 e. The van der Waals surface area contributed by atoms with E-state index in [1.54, 1.807) is 0 Å². The van der Waals surface area contributed by atoms with Crippen molar-refractivity contribution in [2.24, 2.45) is 0 Å². The molecule has 18 heavy (non-hydrogen) atoms. The molecule has 0 saturated carbocycles. The highest BCUT2D eigenvalue weighted by Gasteiger charge is 2.12. The van der Waals surface area contributed by atoms with Gasteiger partial charge in [-0.15, -0.1) is 11.8 Å². The molecule has 0 unspecified atom stereocenters. The lowest BCUT2D eigenvalue weighted by atomic mass is 10.2. The van der Waals surface area contributed by atoms with Crippen LogP contribution < -0.4 is 5.32 Å². The average molecular weight is 267 g/mol. The lowest BCUT2D eigenvalue weighted by Crippen LogP contribution is -2.23. The summed E-state index contributed by atoms with van der Waals surface area (Å²) in [5.41, 5.74) is 2.27. The van der Waals surface area contributed by atoms with Gasteiger partial charge in [0.15, 0.2) is 0 Å². The quantitative estimate of drug-likeness (QED) is 0.888. The second-order valence-corrected chi connectivity index (χ2v) is 7.65. The molecule has 1 heterocycles. The van der Waals surface area contributed by atoms with Gasteiger partial charge in [0.2, 0.25) is 0 Å². The zero-order valence-electron chi connectivity index (χ0n) is 12.4. The van der Waals surface area contributed by atoms with Gasteiger partial charge >= 0.3 is 0 Å². The predicted octanol–water partition coefficient (Wildman–Crippen LogP) is 3.31. The Balaban J connectivity index is 2.68. The van der Waals surface area contributed by atoms with Crippen LogP contribution in [0.3, 0.4) is 0 Å². The van der Waals surface area contributed by atoms with E-state index in [4.69, 9.17) is 0 Å². The minimum Gasteiger partial charge on any atom is -0.309 e. The van der Waals surface area contributed by atoms with E-state index in [1.165, 1.54) is 0 Å². The second-order valence-electron chi connectivity index (χ2n) is 5.85. The van der Waals surface area contributed by atoms with E-state index in [2.05, 4.69) is 56.8 Å². The molecule has 0 aliphatic heterocycles. The second kappa shape index (κ2) is 6.53. The molecule has 0 bridgehead atoms. The zero-order valence-corrected chi connectivity index (χ0v) is 13.2. The first-order valence-electron chi connectivity index (χ1n) is 6.46. The molecular weight excluding hydrogens is 242 g/mol. The van der Waals surface area contributed by atoms with Crippen LogP contribution in [-0.2, 0) is 12.3 Å². The van der Waals surface area contributed by atoms with Gasteiger partial charge in [-0.2, -0.15) is 0 Å². The first-order valence-corrected chi connectivity index (χ1v) is 7.45. The standard InChI is InChI=1S/C14H25N3S/c1-10(2)15-8-12-11(3)7-16-13(17-12)9-18-14(4,5)6/h7,10,15H,8-9H2,1-6H3. The van der Waals surface area contributed by atoms with Gasteiger partial charge in [0.25, 0.3) is 0 Å². The summed E-state index contributed by atoms with van der Waals surface area (Å²) in [5.74, 6) is 1.81. The van der Waals surface area contributed by atoms with E-state index in [0.717, 1.165) is 29.4 Å². The van der Waals surface area contributed by atoms with Gasteiger partial charge in [-0.05, 0) is 12.5 Å². The van der Waals surface area contributed by atoms with Crippen molar-refractivity contribution in [2.75, 3.05) is 0 Å². The zero-order chi connectivity index (χ0) is 13.8. The largest absolute Gasteiger partial charge is 0.309 e. The summed E-state index contributed by atoms with van der Waals surface area (Å²) in [6.45, 7) is 13.8. The summed E-state index contributed by atoms with van der Waals surface area (Å²) in [5, 5.41) is 3.41. The summed E-state index contributed by atoms with van der Waals surface area (Å²) in [6.07, 6.45) is 1.93. The molecular formula is C14H25N3S. The Morgan fingerprint density at radius 3 is 2.56 bits per heavy atom. The Hall–Kier alpha value is -0.610. The molecule has 1 rings (SSSR count). The first kappa shape index (κ1) is 15.4.